The van der Waals surface area contributed by atoms with Crippen molar-refractivity contribution in [2.45, 2.75) is 31.4 Å². The molecule has 0 spiro atoms. The Morgan fingerprint density at radius 1 is 1.08 bits per heavy atom. The summed E-state index contributed by atoms with van der Waals surface area (Å²) in [5, 5.41) is 3.04. The first-order valence-electron chi connectivity index (χ1n) is 9.54. The Morgan fingerprint density at radius 3 is 2.65 bits per heavy atom. The molecular weight excluding hydrogens is 324 g/mol. The lowest BCUT2D eigenvalue weighted by atomic mass is 10.0. The lowest BCUT2D eigenvalue weighted by molar-refractivity contribution is -0.121. The highest BCUT2D eigenvalue weighted by atomic mass is 16.5. The van der Waals surface area contributed by atoms with E-state index in [2.05, 4.69) is 34.5 Å². The number of hydrogen-bond acceptors (Lipinski definition) is 3. The Labute approximate surface area is 155 Å². The number of rotatable bonds is 5. The smallest absolute Gasteiger partial charge is 0.224 e. The highest BCUT2D eigenvalue weighted by molar-refractivity contribution is 5.78. The van der Waals surface area contributed by atoms with Crippen molar-refractivity contribution in [3.8, 4) is 11.1 Å². The number of carbonyl (C=O) groups excluding carboxylic acids is 1. The van der Waals surface area contributed by atoms with E-state index in [1.807, 2.05) is 30.3 Å². The predicted octanol–water partition coefficient (Wildman–Crippen LogP) is 2.88. The summed E-state index contributed by atoms with van der Waals surface area (Å²) < 4.78 is 5.90. The van der Waals surface area contributed by atoms with Crippen LogP contribution in [0.3, 0.4) is 0 Å². The highest BCUT2D eigenvalue weighted by Crippen LogP contribution is 2.22. The normalized spacial score (nSPS) is 22.8. The van der Waals surface area contributed by atoms with Crippen molar-refractivity contribution in [2.75, 3.05) is 26.2 Å². The third-order valence-electron chi connectivity index (χ3n) is 5.41. The van der Waals surface area contributed by atoms with Crippen LogP contribution in [0.15, 0.2) is 54.6 Å². The molecule has 0 saturated carbocycles. The van der Waals surface area contributed by atoms with Crippen LogP contribution in [0.25, 0.3) is 11.1 Å². The van der Waals surface area contributed by atoms with Crippen LogP contribution < -0.4 is 5.32 Å². The molecule has 0 unspecified atom stereocenters. The van der Waals surface area contributed by atoms with Crippen molar-refractivity contribution in [3.05, 3.63) is 60.2 Å². The Morgan fingerprint density at radius 2 is 1.85 bits per heavy atom. The van der Waals surface area contributed by atoms with Crippen LogP contribution in [0.4, 0.5) is 0 Å². The van der Waals surface area contributed by atoms with Crippen molar-refractivity contribution in [1.29, 1.82) is 0 Å². The van der Waals surface area contributed by atoms with Gasteiger partial charge in [-0.3, -0.25) is 9.69 Å². The largest absolute Gasteiger partial charge is 0.373 e. The van der Waals surface area contributed by atoms with Crippen molar-refractivity contribution in [3.63, 3.8) is 0 Å². The minimum absolute atomic E-state index is 0.0598. The number of nitrogens with zero attached hydrogens (tertiary/aromatic N) is 1. The number of morpholine rings is 1. The molecular formula is C22H26N2O2. The van der Waals surface area contributed by atoms with Gasteiger partial charge in [0.15, 0.2) is 0 Å². The Hall–Kier alpha value is -2.17. The van der Waals surface area contributed by atoms with E-state index >= 15 is 0 Å². The molecule has 1 N–H and O–H groups in total. The van der Waals surface area contributed by atoms with Gasteiger partial charge >= 0.3 is 0 Å². The molecule has 4 heteroatoms. The van der Waals surface area contributed by atoms with Gasteiger partial charge in [-0.05, 0) is 36.1 Å². The molecule has 2 saturated heterocycles. The summed E-state index contributed by atoms with van der Waals surface area (Å²) in [5.41, 5.74) is 3.40. The van der Waals surface area contributed by atoms with Gasteiger partial charge in [-0.25, -0.2) is 0 Å². The van der Waals surface area contributed by atoms with Gasteiger partial charge in [0.1, 0.15) is 0 Å². The summed E-state index contributed by atoms with van der Waals surface area (Å²) in [6.45, 7) is 3.52. The van der Waals surface area contributed by atoms with Crippen molar-refractivity contribution >= 4 is 5.91 Å². The second-order valence-corrected chi connectivity index (χ2v) is 7.29. The standard InChI is InChI=1S/C22H26N2O2/c25-22(23-14-21-15-24-12-4-7-20(24)16-26-21)13-17-8-10-19(11-9-17)18-5-2-1-3-6-18/h1-3,5-6,8-11,20-21H,4,7,12-16H2,(H,23,25)/t20-,21-/m1/s1. The third-order valence-corrected chi connectivity index (χ3v) is 5.41. The van der Waals surface area contributed by atoms with Gasteiger partial charge in [-0.2, -0.15) is 0 Å². The van der Waals surface area contributed by atoms with E-state index in [1.54, 1.807) is 0 Å². The maximum absolute atomic E-state index is 12.3. The maximum atomic E-state index is 12.3. The van der Waals surface area contributed by atoms with Gasteiger partial charge in [-0.15, -0.1) is 0 Å². The van der Waals surface area contributed by atoms with Crippen LogP contribution in [0.5, 0.6) is 0 Å². The molecule has 2 aromatic carbocycles. The molecule has 2 aromatic rings. The molecule has 136 valence electrons. The molecule has 2 heterocycles. The summed E-state index contributed by atoms with van der Waals surface area (Å²) in [5.74, 6) is 0.0598. The first-order chi connectivity index (χ1) is 12.8. The van der Waals surface area contributed by atoms with E-state index in [0.717, 1.165) is 18.7 Å². The van der Waals surface area contributed by atoms with E-state index in [-0.39, 0.29) is 12.0 Å². The molecule has 0 radical (unpaired) electrons. The number of amides is 1. The fourth-order valence-corrected chi connectivity index (χ4v) is 3.93. The quantitative estimate of drug-likeness (QED) is 0.902. The monoisotopic (exact) mass is 350 g/mol. The number of carbonyl (C=O) groups is 1. The van der Waals surface area contributed by atoms with Crippen molar-refractivity contribution < 1.29 is 9.53 Å². The zero-order valence-corrected chi connectivity index (χ0v) is 15.1. The van der Waals surface area contributed by atoms with Crippen LogP contribution in [0.1, 0.15) is 18.4 Å². The summed E-state index contributed by atoms with van der Waals surface area (Å²) in [4.78, 5) is 14.8. The number of hydrogen-bond donors (Lipinski definition) is 1. The topological polar surface area (TPSA) is 41.6 Å². The molecule has 0 aromatic heterocycles. The fourth-order valence-electron chi connectivity index (χ4n) is 3.93. The molecule has 4 rings (SSSR count). The van der Waals surface area contributed by atoms with Crippen LogP contribution in [-0.2, 0) is 16.0 Å². The molecule has 2 aliphatic heterocycles. The molecule has 0 aliphatic carbocycles. The lowest BCUT2D eigenvalue weighted by Crippen LogP contribution is -2.50. The third kappa shape index (κ3) is 4.14. The van der Waals surface area contributed by atoms with Gasteiger partial charge < -0.3 is 10.1 Å². The first kappa shape index (κ1) is 17.3. The first-order valence-corrected chi connectivity index (χ1v) is 9.54. The van der Waals surface area contributed by atoms with Gasteiger partial charge in [0.25, 0.3) is 0 Å². The van der Waals surface area contributed by atoms with E-state index < -0.39 is 0 Å². The number of ether oxygens (including phenoxy) is 1. The van der Waals surface area contributed by atoms with Crippen LogP contribution in [-0.4, -0.2) is 49.2 Å². The average molecular weight is 350 g/mol. The van der Waals surface area contributed by atoms with Gasteiger partial charge in [0.2, 0.25) is 5.91 Å². The second-order valence-electron chi connectivity index (χ2n) is 7.29. The van der Waals surface area contributed by atoms with Gasteiger partial charge in [0.05, 0.1) is 19.1 Å². The molecule has 4 nitrogen and oxygen atoms in total. The van der Waals surface area contributed by atoms with Crippen molar-refractivity contribution in [1.82, 2.24) is 10.2 Å². The number of benzene rings is 2. The average Bonchev–Trinajstić information content (AvgIpc) is 3.15. The molecule has 26 heavy (non-hydrogen) atoms. The van der Waals surface area contributed by atoms with Gasteiger partial charge in [-0.1, -0.05) is 54.6 Å². The number of fused-ring (bicyclic) bond motifs is 1. The number of nitrogens with one attached hydrogen (secondary N) is 1. The summed E-state index contributed by atoms with van der Waals surface area (Å²) in [7, 11) is 0. The molecule has 2 fully saturated rings. The Bertz CT molecular complexity index is 730. The van der Waals surface area contributed by atoms with E-state index in [9.17, 15) is 4.79 Å². The lowest BCUT2D eigenvalue weighted by Gasteiger charge is -2.35. The molecule has 0 bridgehead atoms. The summed E-state index contributed by atoms with van der Waals surface area (Å²) in [6.07, 6.45) is 3.05. The van der Waals surface area contributed by atoms with Gasteiger partial charge in [0, 0.05) is 19.1 Å². The zero-order valence-electron chi connectivity index (χ0n) is 15.1. The minimum atomic E-state index is 0.0598. The van der Waals surface area contributed by atoms with Crippen LogP contribution in [0, 0.1) is 0 Å². The second kappa shape index (κ2) is 8.02. The van der Waals surface area contributed by atoms with Crippen molar-refractivity contribution in [2.24, 2.45) is 0 Å². The van der Waals surface area contributed by atoms with E-state index in [0.29, 0.717) is 19.0 Å². The zero-order chi connectivity index (χ0) is 17.8. The Balaban J connectivity index is 1.26. The Kier molecular flexibility index (Phi) is 5.32. The highest BCUT2D eigenvalue weighted by Gasteiger charge is 2.32. The fraction of sp³-hybridized carbons (Fsp3) is 0.409. The molecule has 2 aliphatic rings. The summed E-state index contributed by atoms with van der Waals surface area (Å²) in [6, 6.07) is 19.1. The maximum Gasteiger partial charge on any atom is 0.224 e. The molecule has 1 amide bonds. The van der Waals surface area contributed by atoms with E-state index in [1.165, 1.54) is 30.5 Å². The summed E-state index contributed by atoms with van der Waals surface area (Å²) >= 11 is 0. The van der Waals surface area contributed by atoms with E-state index in [4.69, 9.17) is 4.74 Å². The van der Waals surface area contributed by atoms with Crippen LogP contribution >= 0.6 is 0 Å². The predicted molar refractivity (Wildman–Crippen MR) is 103 cm³/mol. The SMILES string of the molecule is O=C(Cc1ccc(-c2ccccc2)cc1)NC[C@@H]1CN2CCC[C@@H]2CO1. The minimum Gasteiger partial charge on any atom is -0.373 e. The van der Waals surface area contributed by atoms with Crippen LogP contribution in [0.2, 0.25) is 0 Å². The molecule has 2 atom stereocenters.